The number of Topliss-reactive ketones (excluding diaryl/α,β-unsaturated/α-hetero) is 1. The molecule has 0 fully saturated rings. The van der Waals surface area contributed by atoms with E-state index in [2.05, 4.69) is 4.99 Å². The van der Waals surface area contributed by atoms with E-state index in [0.717, 1.165) is 0 Å². The molecule has 0 spiro atoms. The molecule has 34 heavy (non-hydrogen) atoms. The standard InChI is InChI=1S/C25H23FN2O6/c1-14-22(25(30)33-2)23(24-18(27-14)7-4-8-20(24)29)16-9-10-21(19(12-16)28(31)32)34-13-15-5-3-6-17(26)11-15/h3,5-6,9-12,22-23H,4,7-8,13H2,1-2H3/t22?,23-/m0/s1. The number of ether oxygens (including phenoxy) is 2. The second-order valence-electron chi connectivity index (χ2n) is 8.27. The van der Waals surface area contributed by atoms with Crippen molar-refractivity contribution in [3.05, 3.63) is 80.8 Å². The fourth-order valence-corrected chi connectivity index (χ4v) is 4.58. The lowest BCUT2D eigenvalue weighted by Crippen LogP contribution is -2.36. The zero-order chi connectivity index (χ0) is 24.4. The van der Waals surface area contributed by atoms with E-state index in [-0.39, 0.29) is 23.8 Å². The van der Waals surface area contributed by atoms with Crippen molar-refractivity contribution >= 4 is 23.2 Å². The van der Waals surface area contributed by atoms with Gasteiger partial charge in [0.15, 0.2) is 11.5 Å². The van der Waals surface area contributed by atoms with Crippen LogP contribution in [-0.4, -0.2) is 29.5 Å². The monoisotopic (exact) mass is 466 g/mol. The Morgan fingerprint density at radius 2 is 2.03 bits per heavy atom. The van der Waals surface area contributed by atoms with Gasteiger partial charge in [-0.05, 0) is 49.1 Å². The normalized spacial score (nSPS) is 19.9. The smallest absolute Gasteiger partial charge is 0.315 e. The van der Waals surface area contributed by atoms with Gasteiger partial charge < -0.3 is 9.47 Å². The van der Waals surface area contributed by atoms with Crippen molar-refractivity contribution in [2.45, 2.75) is 38.7 Å². The van der Waals surface area contributed by atoms with Crippen LogP contribution in [0.5, 0.6) is 5.75 Å². The van der Waals surface area contributed by atoms with E-state index >= 15 is 0 Å². The summed E-state index contributed by atoms with van der Waals surface area (Å²) in [5, 5.41) is 11.9. The molecule has 0 aromatic heterocycles. The lowest BCUT2D eigenvalue weighted by molar-refractivity contribution is -0.386. The Morgan fingerprint density at radius 3 is 2.74 bits per heavy atom. The Kier molecular flexibility index (Phi) is 6.54. The molecule has 1 aliphatic carbocycles. The predicted octanol–water partition coefficient (Wildman–Crippen LogP) is 4.67. The minimum Gasteiger partial charge on any atom is -0.482 e. The molecule has 176 valence electrons. The maximum atomic E-state index is 13.4. The van der Waals surface area contributed by atoms with Gasteiger partial charge >= 0.3 is 11.7 Å². The fourth-order valence-electron chi connectivity index (χ4n) is 4.58. The molecule has 0 radical (unpaired) electrons. The molecule has 4 rings (SSSR count). The van der Waals surface area contributed by atoms with Crippen molar-refractivity contribution in [2.24, 2.45) is 10.9 Å². The average molecular weight is 466 g/mol. The highest BCUT2D eigenvalue weighted by Gasteiger charge is 2.43. The Morgan fingerprint density at radius 1 is 1.24 bits per heavy atom. The molecule has 2 aromatic carbocycles. The van der Waals surface area contributed by atoms with Crippen LogP contribution in [0, 0.1) is 21.8 Å². The number of carbonyl (C=O) groups is 2. The summed E-state index contributed by atoms with van der Waals surface area (Å²) in [5.41, 5.74) is 2.16. The molecule has 0 bridgehead atoms. The summed E-state index contributed by atoms with van der Waals surface area (Å²) in [4.78, 5) is 41.4. The summed E-state index contributed by atoms with van der Waals surface area (Å²) in [6.07, 6.45) is 1.59. The highest BCUT2D eigenvalue weighted by Crippen LogP contribution is 2.45. The van der Waals surface area contributed by atoms with Crippen molar-refractivity contribution < 1.29 is 28.4 Å². The van der Waals surface area contributed by atoms with E-state index in [9.17, 15) is 24.1 Å². The lowest BCUT2D eigenvalue weighted by Gasteiger charge is -2.34. The molecule has 1 aliphatic heterocycles. The Bertz CT molecular complexity index is 1240. The molecule has 1 unspecified atom stereocenters. The number of nitro benzene ring substituents is 1. The third kappa shape index (κ3) is 4.46. The summed E-state index contributed by atoms with van der Waals surface area (Å²) in [7, 11) is 1.26. The number of hydrogen-bond donors (Lipinski definition) is 0. The van der Waals surface area contributed by atoms with Crippen molar-refractivity contribution in [3.63, 3.8) is 0 Å². The average Bonchev–Trinajstić information content (AvgIpc) is 2.81. The van der Waals surface area contributed by atoms with Crippen LogP contribution in [0.3, 0.4) is 0 Å². The number of nitro groups is 1. The topological polar surface area (TPSA) is 108 Å². The molecule has 2 aliphatic rings. The van der Waals surface area contributed by atoms with E-state index in [1.54, 1.807) is 19.1 Å². The van der Waals surface area contributed by atoms with Gasteiger partial charge in [0, 0.05) is 35.4 Å². The van der Waals surface area contributed by atoms with Crippen LogP contribution in [0.25, 0.3) is 0 Å². The van der Waals surface area contributed by atoms with Crippen molar-refractivity contribution in [1.82, 2.24) is 0 Å². The van der Waals surface area contributed by atoms with Crippen molar-refractivity contribution in [1.29, 1.82) is 0 Å². The number of carbonyl (C=O) groups excluding carboxylic acids is 2. The zero-order valence-electron chi connectivity index (χ0n) is 18.7. The molecular weight excluding hydrogens is 443 g/mol. The van der Waals surface area contributed by atoms with Crippen LogP contribution in [0.4, 0.5) is 10.1 Å². The van der Waals surface area contributed by atoms with Crippen LogP contribution in [0.2, 0.25) is 0 Å². The molecule has 1 heterocycles. The van der Waals surface area contributed by atoms with Crippen molar-refractivity contribution in [2.75, 3.05) is 7.11 Å². The molecule has 2 aromatic rings. The van der Waals surface area contributed by atoms with Gasteiger partial charge in [0.2, 0.25) is 0 Å². The van der Waals surface area contributed by atoms with Gasteiger partial charge in [-0.3, -0.25) is 24.7 Å². The third-order valence-electron chi connectivity index (χ3n) is 6.11. The first-order valence-corrected chi connectivity index (χ1v) is 10.8. The minimum absolute atomic E-state index is 0.00185. The molecule has 0 amide bonds. The van der Waals surface area contributed by atoms with Crippen molar-refractivity contribution in [3.8, 4) is 5.75 Å². The maximum Gasteiger partial charge on any atom is 0.315 e. The van der Waals surface area contributed by atoms with Gasteiger partial charge in [-0.15, -0.1) is 0 Å². The number of halogens is 1. The predicted molar refractivity (Wildman–Crippen MR) is 121 cm³/mol. The maximum absolute atomic E-state index is 13.4. The van der Waals surface area contributed by atoms with Gasteiger partial charge in [0.05, 0.1) is 12.0 Å². The Balaban J connectivity index is 1.75. The quantitative estimate of drug-likeness (QED) is 0.348. The second kappa shape index (κ2) is 9.54. The Labute approximate surface area is 195 Å². The van der Waals surface area contributed by atoms with Crippen LogP contribution in [0.15, 0.2) is 58.7 Å². The van der Waals surface area contributed by atoms with E-state index in [4.69, 9.17) is 9.47 Å². The van der Waals surface area contributed by atoms with Gasteiger partial charge in [0.1, 0.15) is 18.3 Å². The molecular formula is C25H23FN2O6. The number of methoxy groups -OCH3 is 1. The van der Waals surface area contributed by atoms with Crippen LogP contribution in [0.1, 0.15) is 43.2 Å². The van der Waals surface area contributed by atoms with Crippen LogP contribution in [-0.2, 0) is 20.9 Å². The lowest BCUT2D eigenvalue weighted by atomic mass is 9.71. The molecule has 0 N–H and O–H groups in total. The number of esters is 1. The number of aliphatic imine (C=N–C) groups is 1. The second-order valence-corrected chi connectivity index (χ2v) is 8.27. The van der Waals surface area contributed by atoms with E-state index in [0.29, 0.717) is 47.4 Å². The first-order chi connectivity index (χ1) is 16.3. The molecule has 9 heteroatoms. The molecule has 0 saturated carbocycles. The minimum atomic E-state index is -0.871. The summed E-state index contributed by atoms with van der Waals surface area (Å²) in [6.45, 7) is 1.63. The first-order valence-electron chi connectivity index (χ1n) is 10.8. The largest absolute Gasteiger partial charge is 0.482 e. The van der Waals surface area contributed by atoms with E-state index < -0.39 is 28.5 Å². The van der Waals surface area contributed by atoms with Gasteiger partial charge in [-0.1, -0.05) is 18.2 Å². The van der Waals surface area contributed by atoms with Gasteiger partial charge in [-0.2, -0.15) is 0 Å². The number of rotatable bonds is 6. The third-order valence-corrected chi connectivity index (χ3v) is 6.11. The van der Waals surface area contributed by atoms with E-state index in [1.165, 1.54) is 37.4 Å². The molecule has 2 atom stereocenters. The summed E-state index contributed by atoms with van der Waals surface area (Å²) in [6, 6.07) is 10.1. The Hall–Kier alpha value is -3.88. The molecule has 0 saturated heterocycles. The van der Waals surface area contributed by atoms with E-state index in [1.807, 2.05) is 0 Å². The highest BCUT2D eigenvalue weighted by atomic mass is 19.1. The zero-order valence-corrected chi connectivity index (χ0v) is 18.7. The highest BCUT2D eigenvalue weighted by molar-refractivity contribution is 6.08. The summed E-state index contributed by atoms with van der Waals surface area (Å²) < 4.78 is 24.1. The fraction of sp³-hybridized carbons (Fsp3) is 0.320. The van der Waals surface area contributed by atoms with Gasteiger partial charge in [-0.25, -0.2) is 4.39 Å². The van der Waals surface area contributed by atoms with Crippen LogP contribution >= 0.6 is 0 Å². The van der Waals surface area contributed by atoms with Gasteiger partial charge in [0.25, 0.3) is 0 Å². The summed E-state index contributed by atoms with van der Waals surface area (Å²) in [5.74, 6) is -2.74. The number of allylic oxidation sites excluding steroid dienone is 2. The van der Waals surface area contributed by atoms with Crippen LogP contribution < -0.4 is 4.74 Å². The first kappa shape index (κ1) is 23.3. The number of nitrogens with zero attached hydrogens (tertiary/aromatic N) is 2. The number of ketones is 1. The molecule has 8 nitrogen and oxygen atoms in total. The number of benzene rings is 2. The summed E-state index contributed by atoms with van der Waals surface area (Å²) >= 11 is 0. The number of hydrogen-bond acceptors (Lipinski definition) is 7. The SMILES string of the molecule is COC(=O)C1C(C)=NC2=C(C(=O)CCC2)[C@H]1c1ccc(OCc2cccc(F)c2)c([N+](=O)[O-])c1.